The van der Waals surface area contributed by atoms with Crippen LogP contribution in [0.3, 0.4) is 0 Å². The molecule has 0 atom stereocenters. The summed E-state index contributed by atoms with van der Waals surface area (Å²) < 4.78 is 5.42. The fourth-order valence-corrected chi connectivity index (χ4v) is 2.48. The maximum Gasteiger partial charge on any atom is 0.319 e. The molecule has 0 spiro atoms. The van der Waals surface area contributed by atoms with E-state index in [0.29, 0.717) is 6.54 Å². The molecule has 1 aromatic carbocycles. The Morgan fingerprint density at radius 3 is 2.50 bits per heavy atom. The fraction of sp³-hybridized carbons (Fsp3) is 0.533. The van der Waals surface area contributed by atoms with Crippen LogP contribution in [-0.4, -0.2) is 50.3 Å². The monoisotopic (exact) mass is 277 g/mol. The quantitative estimate of drug-likeness (QED) is 0.884. The molecule has 1 aliphatic heterocycles. The summed E-state index contributed by atoms with van der Waals surface area (Å²) in [5, 5.41) is 5.81. The number of hydrogen-bond donors (Lipinski definition) is 2. The molecule has 2 N–H and O–H groups in total. The zero-order chi connectivity index (χ0) is 14.4. The van der Waals surface area contributed by atoms with Crippen LogP contribution in [-0.2, 0) is 4.74 Å². The molecule has 0 saturated carbocycles. The minimum atomic E-state index is -0.163. The Hall–Kier alpha value is -1.59. The van der Waals surface area contributed by atoms with Crippen molar-refractivity contribution in [2.24, 2.45) is 0 Å². The second kappa shape index (κ2) is 6.72. The summed E-state index contributed by atoms with van der Waals surface area (Å²) >= 11 is 0. The first-order valence-corrected chi connectivity index (χ1v) is 6.97. The van der Waals surface area contributed by atoms with Crippen molar-refractivity contribution in [2.45, 2.75) is 18.4 Å². The van der Waals surface area contributed by atoms with Crippen LogP contribution < -0.4 is 10.6 Å². The molecule has 5 heteroatoms. The van der Waals surface area contributed by atoms with Gasteiger partial charge in [-0.15, -0.1) is 0 Å². The van der Waals surface area contributed by atoms with E-state index in [2.05, 4.69) is 29.6 Å². The molecule has 1 heterocycles. The lowest BCUT2D eigenvalue weighted by molar-refractivity contribution is -0.00553. The van der Waals surface area contributed by atoms with Crippen molar-refractivity contribution >= 4 is 11.7 Å². The highest BCUT2D eigenvalue weighted by Gasteiger charge is 2.35. The van der Waals surface area contributed by atoms with Gasteiger partial charge in [0.15, 0.2) is 0 Å². The van der Waals surface area contributed by atoms with E-state index in [1.807, 2.05) is 30.3 Å². The molecule has 1 saturated heterocycles. The summed E-state index contributed by atoms with van der Waals surface area (Å²) in [5.74, 6) is 0. The average molecular weight is 277 g/mol. The molecule has 1 aliphatic rings. The predicted molar refractivity (Wildman–Crippen MR) is 79.9 cm³/mol. The molecule has 1 fully saturated rings. The Bertz CT molecular complexity index is 428. The van der Waals surface area contributed by atoms with Crippen molar-refractivity contribution < 1.29 is 9.53 Å². The highest BCUT2D eigenvalue weighted by molar-refractivity contribution is 5.89. The van der Waals surface area contributed by atoms with Gasteiger partial charge in [-0.05, 0) is 39.1 Å². The molecule has 0 unspecified atom stereocenters. The van der Waals surface area contributed by atoms with Crippen molar-refractivity contribution in [3.8, 4) is 0 Å². The van der Waals surface area contributed by atoms with E-state index in [9.17, 15) is 4.79 Å². The maximum atomic E-state index is 11.9. The second-order valence-corrected chi connectivity index (χ2v) is 5.40. The Labute approximate surface area is 120 Å². The molecular weight excluding hydrogens is 254 g/mol. The van der Waals surface area contributed by atoms with Gasteiger partial charge >= 0.3 is 6.03 Å². The molecule has 20 heavy (non-hydrogen) atoms. The number of carbonyl (C=O) groups excluding carboxylic acids is 1. The lowest BCUT2D eigenvalue weighted by Crippen LogP contribution is -2.56. The lowest BCUT2D eigenvalue weighted by Gasteiger charge is -2.42. The Morgan fingerprint density at radius 1 is 1.25 bits per heavy atom. The summed E-state index contributed by atoms with van der Waals surface area (Å²) in [7, 11) is 4.12. The minimum absolute atomic E-state index is 0.00766. The van der Waals surface area contributed by atoms with Crippen LogP contribution >= 0.6 is 0 Å². The first-order valence-electron chi connectivity index (χ1n) is 6.97. The summed E-state index contributed by atoms with van der Waals surface area (Å²) in [5.41, 5.74) is 0.794. The minimum Gasteiger partial charge on any atom is -0.381 e. The summed E-state index contributed by atoms with van der Waals surface area (Å²) in [6.07, 6.45) is 1.87. The van der Waals surface area contributed by atoms with Gasteiger partial charge < -0.3 is 20.3 Å². The van der Waals surface area contributed by atoms with Crippen LogP contribution in [0.4, 0.5) is 10.5 Å². The third-order valence-corrected chi connectivity index (χ3v) is 3.98. The average Bonchev–Trinajstić information content (AvgIpc) is 2.47. The summed E-state index contributed by atoms with van der Waals surface area (Å²) in [6, 6.07) is 9.30. The topological polar surface area (TPSA) is 53.6 Å². The van der Waals surface area contributed by atoms with Gasteiger partial charge in [-0.1, -0.05) is 18.2 Å². The number of likely N-dealkylation sites (N-methyl/N-ethyl adjacent to an activating group) is 1. The molecule has 0 bridgehead atoms. The standard InChI is InChI=1S/C15H23N3O2/c1-18(2)15(8-10-20-11-9-15)12-16-14(19)17-13-6-4-3-5-7-13/h3-7H,8-12H2,1-2H3,(H2,16,17,19). The van der Waals surface area contributed by atoms with Crippen molar-refractivity contribution in [3.63, 3.8) is 0 Å². The largest absolute Gasteiger partial charge is 0.381 e. The third kappa shape index (κ3) is 3.71. The maximum absolute atomic E-state index is 11.9. The van der Waals surface area contributed by atoms with Crippen molar-refractivity contribution in [2.75, 3.05) is 39.2 Å². The van der Waals surface area contributed by atoms with Gasteiger partial charge in [-0.25, -0.2) is 4.79 Å². The van der Waals surface area contributed by atoms with Crippen LogP contribution in [0.5, 0.6) is 0 Å². The number of para-hydroxylation sites is 1. The molecule has 110 valence electrons. The molecule has 1 aromatic rings. The Kier molecular flexibility index (Phi) is 4.98. The number of benzene rings is 1. The lowest BCUT2D eigenvalue weighted by atomic mass is 9.88. The normalized spacial score (nSPS) is 17.8. The van der Waals surface area contributed by atoms with Gasteiger partial charge in [0.2, 0.25) is 0 Å². The van der Waals surface area contributed by atoms with Gasteiger partial charge in [-0.2, -0.15) is 0 Å². The third-order valence-electron chi connectivity index (χ3n) is 3.98. The van der Waals surface area contributed by atoms with Crippen molar-refractivity contribution in [1.29, 1.82) is 0 Å². The van der Waals surface area contributed by atoms with Crippen LogP contribution in [0.25, 0.3) is 0 Å². The van der Waals surface area contributed by atoms with E-state index in [4.69, 9.17) is 4.74 Å². The van der Waals surface area contributed by atoms with E-state index >= 15 is 0 Å². The van der Waals surface area contributed by atoms with Gasteiger partial charge in [0.25, 0.3) is 0 Å². The van der Waals surface area contributed by atoms with E-state index in [1.54, 1.807) is 0 Å². The second-order valence-electron chi connectivity index (χ2n) is 5.40. The van der Waals surface area contributed by atoms with Crippen molar-refractivity contribution in [1.82, 2.24) is 10.2 Å². The highest BCUT2D eigenvalue weighted by Crippen LogP contribution is 2.25. The SMILES string of the molecule is CN(C)C1(CNC(=O)Nc2ccccc2)CCOCC1. The molecule has 2 amide bonds. The molecule has 5 nitrogen and oxygen atoms in total. The van der Waals surface area contributed by atoms with Gasteiger partial charge in [-0.3, -0.25) is 0 Å². The number of rotatable bonds is 4. The van der Waals surface area contributed by atoms with E-state index in [1.165, 1.54) is 0 Å². The van der Waals surface area contributed by atoms with E-state index in [-0.39, 0.29) is 11.6 Å². The number of anilines is 1. The van der Waals surface area contributed by atoms with Gasteiger partial charge in [0.05, 0.1) is 0 Å². The number of urea groups is 1. The number of hydrogen-bond acceptors (Lipinski definition) is 3. The highest BCUT2D eigenvalue weighted by atomic mass is 16.5. The molecule has 0 aliphatic carbocycles. The van der Waals surface area contributed by atoms with Crippen LogP contribution in [0.1, 0.15) is 12.8 Å². The van der Waals surface area contributed by atoms with Crippen LogP contribution in [0, 0.1) is 0 Å². The van der Waals surface area contributed by atoms with Gasteiger partial charge in [0, 0.05) is 31.0 Å². The Morgan fingerprint density at radius 2 is 1.90 bits per heavy atom. The van der Waals surface area contributed by atoms with Crippen molar-refractivity contribution in [3.05, 3.63) is 30.3 Å². The fourth-order valence-electron chi connectivity index (χ4n) is 2.48. The molecule has 0 aromatic heterocycles. The van der Waals surface area contributed by atoms with Gasteiger partial charge in [0.1, 0.15) is 0 Å². The molecule has 0 radical (unpaired) electrons. The smallest absolute Gasteiger partial charge is 0.319 e. The van der Waals surface area contributed by atoms with Crippen LogP contribution in [0.15, 0.2) is 30.3 Å². The number of carbonyl (C=O) groups is 1. The zero-order valence-electron chi connectivity index (χ0n) is 12.2. The van der Waals surface area contributed by atoms with Crippen LogP contribution in [0.2, 0.25) is 0 Å². The molecule has 2 rings (SSSR count). The number of ether oxygens (including phenoxy) is 1. The van der Waals surface area contributed by atoms with E-state index < -0.39 is 0 Å². The first kappa shape index (κ1) is 14.8. The van der Waals surface area contributed by atoms with E-state index in [0.717, 1.165) is 31.7 Å². The predicted octanol–water partition coefficient (Wildman–Crippen LogP) is 1.92. The molecular formula is C15H23N3O2. The summed E-state index contributed by atoms with van der Waals surface area (Å²) in [4.78, 5) is 14.1. The first-order chi connectivity index (χ1) is 9.62. The summed E-state index contributed by atoms with van der Waals surface area (Å²) in [6.45, 7) is 2.13. The number of nitrogens with zero attached hydrogens (tertiary/aromatic N) is 1. The number of amides is 2. The zero-order valence-corrected chi connectivity index (χ0v) is 12.2. The number of nitrogens with one attached hydrogen (secondary N) is 2. The Balaban J connectivity index is 1.88.